The molecule has 0 aliphatic heterocycles. The molecule has 2 N–H and O–H groups in total. The molecule has 0 fully saturated rings. The molecule has 92 valence electrons. The van der Waals surface area contributed by atoms with Crippen molar-refractivity contribution in [3.05, 3.63) is 58.9 Å². The molecule has 0 unspecified atom stereocenters. The molecule has 5 heteroatoms. The fourth-order valence-corrected chi connectivity index (χ4v) is 1.72. The minimum absolute atomic E-state index is 0.138. The lowest BCUT2D eigenvalue weighted by Crippen LogP contribution is -2.22. The second kappa shape index (κ2) is 5.51. The number of nitrogens with one attached hydrogen (secondary N) is 1. The van der Waals surface area contributed by atoms with Gasteiger partial charge in [-0.3, -0.25) is 9.78 Å². The number of aromatic nitrogens is 1. The zero-order valence-electron chi connectivity index (χ0n) is 9.43. The summed E-state index contributed by atoms with van der Waals surface area (Å²) in [5.41, 5.74) is 1.09. The number of hydrogen-bond acceptors (Lipinski definition) is 3. The summed E-state index contributed by atoms with van der Waals surface area (Å²) < 4.78 is 0. The SMILES string of the molecule is O=C(NCc1cccc(Cl)c1)c1ccncc1O. The van der Waals surface area contributed by atoms with Crippen molar-refractivity contribution in [2.24, 2.45) is 0 Å². The third-order valence-corrected chi connectivity index (χ3v) is 2.62. The van der Waals surface area contributed by atoms with Crippen LogP contribution in [0.25, 0.3) is 0 Å². The highest BCUT2D eigenvalue weighted by Crippen LogP contribution is 2.14. The molecule has 0 bridgehead atoms. The second-order valence-electron chi connectivity index (χ2n) is 3.71. The Hall–Kier alpha value is -2.07. The maximum atomic E-state index is 11.8. The zero-order valence-corrected chi connectivity index (χ0v) is 10.2. The van der Waals surface area contributed by atoms with Gasteiger partial charge in [-0.05, 0) is 23.8 Å². The van der Waals surface area contributed by atoms with Gasteiger partial charge in [0.25, 0.3) is 5.91 Å². The molecular formula is C13H11ClN2O2. The number of pyridine rings is 1. The molecule has 18 heavy (non-hydrogen) atoms. The van der Waals surface area contributed by atoms with Crippen molar-refractivity contribution in [2.75, 3.05) is 0 Å². The average molecular weight is 263 g/mol. The number of carbonyl (C=O) groups excluding carboxylic acids is 1. The molecule has 0 saturated carbocycles. The van der Waals surface area contributed by atoms with E-state index in [1.54, 1.807) is 12.1 Å². The third kappa shape index (κ3) is 2.99. The quantitative estimate of drug-likeness (QED) is 0.893. The topological polar surface area (TPSA) is 62.2 Å². The minimum atomic E-state index is -0.352. The molecule has 1 aromatic carbocycles. The van der Waals surface area contributed by atoms with E-state index in [1.165, 1.54) is 18.5 Å². The Morgan fingerprint density at radius 3 is 2.94 bits per heavy atom. The van der Waals surface area contributed by atoms with Crippen molar-refractivity contribution >= 4 is 17.5 Å². The molecule has 1 amide bonds. The van der Waals surface area contributed by atoms with E-state index in [-0.39, 0.29) is 17.2 Å². The van der Waals surface area contributed by atoms with Crippen molar-refractivity contribution in [1.29, 1.82) is 0 Å². The zero-order chi connectivity index (χ0) is 13.0. The van der Waals surface area contributed by atoms with Crippen LogP contribution in [0.1, 0.15) is 15.9 Å². The van der Waals surface area contributed by atoms with Crippen molar-refractivity contribution in [3.8, 4) is 5.75 Å². The van der Waals surface area contributed by atoms with Crippen LogP contribution in [0.2, 0.25) is 5.02 Å². The van der Waals surface area contributed by atoms with Crippen molar-refractivity contribution in [1.82, 2.24) is 10.3 Å². The van der Waals surface area contributed by atoms with Gasteiger partial charge in [0.05, 0.1) is 11.8 Å². The standard InChI is InChI=1S/C13H11ClN2O2/c14-10-3-1-2-9(6-10)7-16-13(18)11-4-5-15-8-12(11)17/h1-6,8,17H,7H2,(H,16,18). The Bertz CT molecular complexity index is 572. The van der Waals surface area contributed by atoms with Crippen LogP contribution in [0.3, 0.4) is 0 Å². The predicted octanol–water partition coefficient (Wildman–Crippen LogP) is 2.37. The van der Waals surface area contributed by atoms with Gasteiger partial charge in [0.2, 0.25) is 0 Å². The molecule has 1 aromatic heterocycles. The number of carbonyl (C=O) groups is 1. The van der Waals surface area contributed by atoms with E-state index in [9.17, 15) is 9.90 Å². The third-order valence-electron chi connectivity index (χ3n) is 2.39. The molecular weight excluding hydrogens is 252 g/mol. The van der Waals surface area contributed by atoms with Crippen LogP contribution in [0.4, 0.5) is 0 Å². The lowest BCUT2D eigenvalue weighted by molar-refractivity contribution is 0.0948. The number of benzene rings is 1. The molecule has 0 atom stereocenters. The summed E-state index contributed by atoms with van der Waals surface area (Å²) >= 11 is 5.84. The highest BCUT2D eigenvalue weighted by atomic mass is 35.5. The highest BCUT2D eigenvalue weighted by molar-refractivity contribution is 6.30. The first kappa shape index (κ1) is 12.4. The van der Waals surface area contributed by atoms with Crippen molar-refractivity contribution < 1.29 is 9.90 Å². The Morgan fingerprint density at radius 2 is 2.22 bits per heavy atom. The van der Waals surface area contributed by atoms with Gasteiger partial charge in [-0.1, -0.05) is 23.7 Å². The summed E-state index contributed by atoms with van der Waals surface area (Å²) in [7, 11) is 0. The highest BCUT2D eigenvalue weighted by Gasteiger charge is 2.09. The summed E-state index contributed by atoms with van der Waals surface area (Å²) in [6.45, 7) is 0.348. The van der Waals surface area contributed by atoms with E-state index in [2.05, 4.69) is 10.3 Å². The Balaban J connectivity index is 2.03. The maximum Gasteiger partial charge on any atom is 0.255 e. The first-order valence-corrected chi connectivity index (χ1v) is 5.70. The van der Waals surface area contributed by atoms with Crippen molar-refractivity contribution in [3.63, 3.8) is 0 Å². The maximum absolute atomic E-state index is 11.8. The molecule has 2 rings (SSSR count). The molecule has 0 radical (unpaired) electrons. The molecule has 4 nitrogen and oxygen atoms in total. The normalized spacial score (nSPS) is 10.1. The largest absolute Gasteiger partial charge is 0.505 e. The molecule has 0 aliphatic rings. The summed E-state index contributed by atoms with van der Waals surface area (Å²) in [4.78, 5) is 15.5. The molecule has 0 spiro atoms. The van der Waals surface area contributed by atoms with Gasteiger partial charge in [-0.15, -0.1) is 0 Å². The van der Waals surface area contributed by atoms with Gasteiger partial charge in [0, 0.05) is 17.8 Å². The van der Waals surface area contributed by atoms with Gasteiger partial charge in [0.15, 0.2) is 0 Å². The van der Waals surface area contributed by atoms with E-state index in [0.29, 0.717) is 11.6 Å². The Labute approximate surface area is 109 Å². The predicted molar refractivity (Wildman–Crippen MR) is 68.5 cm³/mol. The van der Waals surface area contributed by atoms with Gasteiger partial charge >= 0.3 is 0 Å². The summed E-state index contributed by atoms with van der Waals surface area (Å²) in [5, 5.41) is 12.8. The van der Waals surface area contributed by atoms with E-state index < -0.39 is 0 Å². The van der Waals surface area contributed by atoms with E-state index in [1.807, 2.05) is 12.1 Å². The van der Waals surface area contributed by atoms with E-state index in [0.717, 1.165) is 5.56 Å². The number of halogens is 1. The fourth-order valence-electron chi connectivity index (χ4n) is 1.50. The fraction of sp³-hybridized carbons (Fsp3) is 0.0769. The average Bonchev–Trinajstić information content (AvgIpc) is 2.37. The minimum Gasteiger partial charge on any atom is -0.505 e. The number of rotatable bonds is 3. The van der Waals surface area contributed by atoms with E-state index in [4.69, 9.17) is 11.6 Å². The van der Waals surface area contributed by atoms with Crippen molar-refractivity contribution in [2.45, 2.75) is 6.54 Å². The van der Waals surface area contributed by atoms with E-state index >= 15 is 0 Å². The molecule has 2 aromatic rings. The smallest absolute Gasteiger partial charge is 0.255 e. The number of hydrogen-bond donors (Lipinski definition) is 2. The lowest BCUT2D eigenvalue weighted by atomic mass is 10.2. The monoisotopic (exact) mass is 262 g/mol. The van der Waals surface area contributed by atoms with Crippen LogP contribution in [-0.2, 0) is 6.54 Å². The van der Waals surface area contributed by atoms with Crippen LogP contribution in [0, 0.1) is 0 Å². The second-order valence-corrected chi connectivity index (χ2v) is 4.14. The lowest BCUT2D eigenvalue weighted by Gasteiger charge is -2.06. The summed E-state index contributed by atoms with van der Waals surface area (Å²) in [6.07, 6.45) is 2.68. The molecule has 0 saturated heterocycles. The van der Waals surface area contributed by atoms with Crippen LogP contribution in [-0.4, -0.2) is 16.0 Å². The Kier molecular flexibility index (Phi) is 3.79. The van der Waals surface area contributed by atoms with Gasteiger partial charge in [0.1, 0.15) is 5.75 Å². The molecule has 0 aliphatic carbocycles. The van der Waals surface area contributed by atoms with Gasteiger partial charge in [-0.2, -0.15) is 0 Å². The van der Waals surface area contributed by atoms with Crippen LogP contribution in [0.15, 0.2) is 42.7 Å². The Morgan fingerprint density at radius 1 is 1.39 bits per heavy atom. The molecule has 1 heterocycles. The van der Waals surface area contributed by atoms with Crippen LogP contribution >= 0.6 is 11.6 Å². The number of nitrogens with zero attached hydrogens (tertiary/aromatic N) is 1. The van der Waals surface area contributed by atoms with Gasteiger partial charge < -0.3 is 10.4 Å². The number of amides is 1. The summed E-state index contributed by atoms with van der Waals surface area (Å²) in [6, 6.07) is 8.67. The van der Waals surface area contributed by atoms with Crippen LogP contribution < -0.4 is 5.32 Å². The van der Waals surface area contributed by atoms with Gasteiger partial charge in [-0.25, -0.2) is 0 Å². The number of aromatic hydroxyl groups is 1. The summed E-state index contributed by atoms with van der Waals surface area (Å²) in [5.74, 6) is -0.490. The first-order valence-electron chi connectivity index (χ1n) is 5.32. The first-order chi connectivity index (χ1) is 8.66. The van der Waals surface area contributed by atoms with Crippen LogP contribution in [0.5, 0.6) is 5.75 Å².